The number of aryl methyl sites for hydroxylation is 1. The third kappa shape index (κ3) is 4.05. The fraction of sp³-hybridized carbons (Fsp3) is 0.231. The molecule has 33 heavy (non-hydrogen) atoms. The number of rotatable bonds is 5. The minimum atomic E-state index is -0.333. The van der Waals surface area contributed by atoms with Crippen LogP contribution in [0.5, 0.6) is 0 Å². The Balaban J connectivity index is 1.45. The molecule has 0 radical (unpaired) electrons. The molecule has 5 rings (SSSR count). The number of para-hydroxylation sites is 1. The van der Waals surface area contributed by atoms with Gasteiger partial charge in [0.15, 0.2) is 0 Å². The van der Waals surface area contributed by atoms with E-state index in [1.165, 1.54) is 16.2 Å². The highest BCUT2D eigenvalue weighted by Gasteiger charge is 2.41. The highest BCUT2D eigenvalue weighted by Crippen LogP contribution is 2.36. The van der Waals surface area contributed by atoms with E-state index in [1.54, 1.807) is 0 Å². The molecule has 0 atom stereocenters. The molecule has 2 aliphatic rings. The summed E-state index contributed by atoms with van der Waals surface area (Å²) in [6.45, 7) is 5.98. The Morgan fingerprint density at radius 1 is 0.848 bits per heavy atom. The molecular formula is C26H26N4O2S. The number of thiophene rings is 1. The summed E-state index contributed by atoms with van der Waals surface area (Å²) in [5.41, 5.74) is 4.17. The van der Waals surface area contributed by atoms with Crippen LogP contribution in [0.3, 0.4) is 0 Å². The molecule has 2 amide bonds. The molecular weight excluding hydrogens is 432 g/mol. The lowest BCUT2D eigenvalue weighted by atomic mass is 10.1. The number of likely N-dealkylation sites (N-methyl/N-ethyl adjacent to an activating group) is 1. The Hall–Kier alpha value is -3.42. The predicted octanol–water partition coefficient (Wildman–Crippen LogP) is 4.20. The molecule has 3 heterocycles. The van der Waals surface area contributed by atoms with Crippen LogP contribution in [-0.2, 0) is 9.59 Å². The summed E-state index contributed by atoms with van der Waals surface area (Å²) in [5.74, 6) is -0.630. The molecule has 1 fully saturated rings. The van der Waals surface area contributed by atoms with Gasteiger partial charge in [0, 0.05) is 42.4 Å². The Kier molecular flexibility index (Phi) is 5.74. The van der Waals surface area contributed by atoms with Gasteiger partial charge in [-0.3, -0.25) is 9.59 Å². The first kappa shape index (κ1) is 21.4. The summed E-state index contributed by atoms with van der Waals surface area (Å²) in [6.07, 6.45) is 0. The van der Waals surface area contributed by atoms with Crippen LogP contribution in [-0.4, -0.2) is 49.9 Å². The van der Waals surface area contributed by atoms with Crippen LogP contribution in [0.15, 0.2) is 71.7 Å². The van der Waals surface area contributed by atoms with Crippen molar-refractivity contribution in [2.75, 3.05) is 48.3 Å². The van der Waals surface area contributed by atoms with Crippen molar-refractivity contribution in [3.05, 3.63) is 82.2 Å². The normalized spacial score (nSPS) is 17.3. The van der Waals surface area contributed by atoms with Crippen molar-refractivity contribution in [1.82, 2.24) is 4.90 Å². The third-order valence-corrected chi connectivity index (χ3v) is 7.10. The molecule has 0 saturated carbocycles. The lowest BCUT2D eigenvalue weighted by Crippen LogP contribution is -2.44. The van der Waals surface area contributed by atoms with E-state index in [0.29, 0.717) is 17.0 Å². The van der Waals surface area contributed by atoms with E-state index in [1.807, 2.05) is 60.8 Å². The van der Waals surface area contributed by atoms with Crippen molar-refractivity contribution in [2.45, 2.75) is 6.92 Å². The average Bonchev–Trinajstić information content (AvgIpc) is 3.42. The van der Waals surface area contributed by atoms with Crippen LogP contribution >= 0.6 is 11.3 Å². The van der Waals surface area contributed by atoms with Crippen molar-refractivity contribution in [1.29, 1.82) is 0 Å². The fourth-order valence-corrected chi connectivity index (χ4v) is 5.06. The van der Waals surface area contributed by atoms with Gasteiger partial charge in [0.1, 0.15) is 5.70 Å². The van der Waals surface area contributed by atoms with Crippen molar-refractivity contribution < 1.29 is 9.59 Å². The number of amides is 2. The monoisotopic (exact) mass is 458 g/mol. The van der Waals surface area contributed by atoms with Gasteiger partial charge in [0.05, 0.1) is 11.3 Å². The first-order valence-electron chi connectivity index (χ1n) is 11.1. The quantitative estimate of drug-likeness (QED) is 0.581. The van der Waals surface area contributed by atoms with Crippen LogP contribution in [0.2, 0.25) is 0 Å². The third-order valence-electron chi connectivity index (χ3n) is 6.21. The van der Waals surface area contributed by atoms with E-state index in [2.05, 4.69) is 34.3 Å². The molecule has 0 spiro atoms. The largest absolute Gasteiger partial charge is 0.369 e. The zero-order valence-corrected chi connectivity index (χ0v) is 19.6. The molecule has 6 nitrogen and oxygen atoms in total. The highest BCUT2D eigenvalue weighted by molar-refractivity contribution is 7.11. The van der Waals surface area contributed by atoms with Gasteiger partial charge in [-0.2, -0.15) is 0 Å². The van der Waals surface area contributed by atoms with Gasteiger partial charge < -0.3 is 15.1 Å². The number of imide groups is 1. The first-order valence-corrected chi connectivity index (χ1v) is 11.9. The van der Waals surface area contributed by atoms with Gasteiger partial charge in [0.25, 0.3) is 11.8 Å². The standard InChI is InChI=1S/C26H26N4O2S/c1-18-6-3-4-7-21(18)30-25(31)23(22-8-5-17-33-22)24(26(30)32)27-19-9-11-20(12-10-19)29-15-13-28(2)14-16-29/h3-12,17,27H,13-16H2,1-2H3. The smallest absolute Gasteiger partial charge is 0.282 e. The second-order valence-corrected chi connectivity index (χ2v) is 9.37. The molecule has 1 aromatic heterocycles. The predicted molar refractivity (Wildman–Crippen MR) is 135 cm³/mol. The molecule has 1 saturated heterocycles. The molecule has 168 valence electrons. The number of anilines is 3. The topological polar surface area (TPSA) is 55.9 Å². The van der Waals surface area contributed by atoms with Crippen molar-refractivity contribution in [3.8, 4) is 0 Å². The number of piperazine rings is 1. The lowest BCUT2D eigenvalue weighted by Gasteiger charge is -2.34. The van der Waals surface area contributed by atoms with E-state index >= 15 is 0 Å². The van der Waals surface area contributed by atoms with Crippen LogP contribution in [0.4, 0.5) is 17.1 Å². The number of carbonyl (C=O) groups excluding carboxylic acids is 2. The summed E-state index contributed by atoms with van der Waals surface area (Å²) >= 11 is 1.45. The van der Waals surface area contributed by atoms with Gasteiger partial charge in [-0.05, 0) is 61.3 Å². The second-order valence-electron chi connectivity index (χ2n) is 8.42. The summed E-state index contributed by atoms with van der Waals surface area (Å²) in [6, 6.07) is 19.3. The van der Waals surface area contributed by atoms with E-state index < -0.39 is 0 Å². The molecule has 2 aromatic carbocycles. The minimum absolute atomic E-state index is 0.298. The molecule has 0 unspecified atom stereocenters. The van der Waals surface area contributed by atoms with Crippen LogP contribution in [0.1, 0.15) is 10.4 Å². The molecule has 7 heteroatoms. The summed E-state index contributed by atoms with van der Waals surface area (Å²) in [5, 5.41) is 5.18. The van der Waals surface area contributed by atoms with Gasteiger partial charge >= 0.3 is 0 Å². The Morgan fingerprint density at radius 2 is 1.58 bits per heavy atom. The zero-order valence-electron chi connectivity index (χ0n) is 18.7. The molecule has 0 bridgehead atoms. The molecule has 1 N–H and O–H groups in total. The number of carbonyl (C=O) groups is 2. The highest BCUT2D eigenvalue weighted by atomic mass is 32.1. The van der Waals surface area contributed by atoms with Gasteiger partial charge in [-0.25, -0.2) is 4.90 Å². The summed E-state index contributed by atoms with van der Waals surface area (Å²) in [4.78, 5) is 33.7. The fourth-order valence-electron chi connectivity index (χ4n) is 4.29. The van der Waals surface area contributed by atoms with Gasteiger partial charge in [-0.1, -0.05) is 24.3 Å². The van der Waals surface area contributed by atoms with Crippen molar-refractivity contribution >= 4 is 45.8 Å². The van der Waals surface area contributed by atoms with Crippen LogP contribution < -0.4 is 15.1 Å². The zero-order chi connectivity index (χ0) is 22.9. The number of hydrogen-bond acceptors (Lipinski definition) is 6. The van der Waals surface area contributed by atoms with Gasteiger partial charge in [0.2, 0.25) is 0 Å². The second kappa shape index (κ2) is 8.84. The first-order chi connectivity index (χ1) is 16.0. The SMILES string of the molecule is Cc1ccccc1N1C(=O)C(Nc2ccc(N3CCN(C)CC3)cc2)=C(c2cccs2)C1=O. The van der Waals surface area contributed by atoms with Crippen LogP contribution in [0.25, 0.3) is 5.57 Å². The summed E-state index contributed by atoms with van der Waals surface area (Å²) < 4.78 is 0. The number of nitrogens with zero attached hydrogens (tertiary/aromatic N) is 3. The van der Waals surface area contributed by atoms with Crippen LogP contribution in [0, 0.1) is 6.92 Å². The number of benzene rings is 2. The van der Waals surface area contributed by atoms with E-state index in [-0.39, 0.29) is 11.8 Å². The summed E-state index contributed by atoms with van der Waals surface area (Å²) in [7, 11) is 2.14. The van der Waals surface area contributed by atoms with Crippen molar-refractivity contribution in [3.63, 3.8) is 0 Å². The van der Waals surface area contributed by atoms with E-state index in [9.17, 15) is 9.59 Å². The molecule has 2 aliphatic heterocycles. The van der Waals surface area contributed by atoms with E-state index in [0.717, 1.165) is 48.0 Å². The van der Waals surface area contributed by atoms with Crippen molar-refractivity contribution in [2.24, 2.45) is 0 Å². The average molecular weight is 459 g/mol. The Bertz CT molecular complexity index is 1210. The van der Waals surface area contributed by atoms with E-state index in [4.69, 9.17) is 0 Å². The molecule has 3 aromatic rings. The number of nitrogens with one attached hydrogen (secondary N) is 1. The Morgan fingerprint density at radius 3 is 2.24 bits per heavy atom. The maximum atomic E-state index is 13.5. The Labute approximate surface area is 197 Å². The minimum Gasteiger partial charge on any atom is -0.369 e. The molecule has 0 aliphatic carbocycles. The maximum absolute atomic E-state index is 13.5. The van der Waals surface area contributed by atoms with Gasteiger partial charge in [-0.15, -0.1) is 11.3 Å². The maximum Gasteiger partial charge on any atom is 0.282 e. The number of hydrogen-bond donors (Lipinski definition) is 1. The lowest BCUT2D eigenvalue weighted by molar-refractivity contribution is -0.120.